The molecule has 0 fully saturated rings. The number of nitrogens with one attached hydrogen (secondary N) is 1. The Kier molecular flexibility index (Phi) is 5.46. The standard InChI is InChI=1S/C21H23N3O2/c1-3-5-14-24-21(26)17-12-8-7-11-16(17)19(23-24)20(25)22-18-13-9-6-10-15(18)4-2/h6-13H,3-5,14H2,1-2H3,(H,22,25). The fourth-order valence-electron chi connectivity index (χ4n) is 2.99. The average molecular weight is 349 g/mol. The summed E-state index contributed by atoms with van der Waals surface area (Å²) in [4.78, 5) is 25.6. The summed E-state index contributed by atoms with van der Waals surface area (Å²) in [5.41, 5.74) is 1.96. The molecule has 0 aliphatic rings. The van der Waals surface area contributed by atoms with Gasteiger partial charge in [0.25, 0.3) is 11.5 Å². The third-order valence-electron chi connectivity index (χ3n) is 4.45. The van der Waals surface area contributed by atoms with Crippen LogP contribution in [0.25, 0.3) is 10.8 Å². The summed E-state index contributed by atoms with van der Waals surface area (Å²) in [7, 11) is 0. The molecule has 1 heterocycles. The summed E-state index contributed by atoms with van der Waals surface area (Å²) < 4.78 is 1.41. The minimum atomic E-state index is -0.299. The molecule has 3 aromatic rings. The summed E-state index contributed by atoms with van der Waals surface area (Å²) in [6, 6.07) is 14.9. The third-order valence-corrected chi connectivity index (χ3v) is 4.45. The number of para-hydroxylation sites is 1. The monoisotopic (exact) mass is 349 g/mol. The number of amides is 1. The van der Waals surface area contributed by atoms with Gasteiger partial charge in [-0.2, -0.15) is 5.10 Å². The van der Waals surface area contributed by atoms with Crippen molar-refractivity contribution in [2.24, 2.45) is 0 Å². The molecule has 1 N–H and O–H groups in total. The normalized spacial score (nSPS) is 10.8. The SMILES string of the molecule is CCCCn1nc(C(=O)Nc2ccccc2CC)c2ccccc2c1=O. The maximum Gasteiger partial charge on any atom is 0.276 e. The average Bonchev–Trinajstić information content (AvgIpc) is 2.68. The Morgan fingerprint density at radius 3 is 2.46 bits per heavy atom. The van der Waals surface area contributed by atoms with Crippen molar-refractivity contribution in [3.8, 4) is 0 Å². The number of rotatable bonds is 6. The molecule has 0 saturated carbocycles. The number of unbranched alkanes of at least 4 members (excludes halogenated alkanes) is 1. The van der Waals surface area contributed by atoms with E-state index < -0.39 is 0 Å². The molecule has 0 radical (unpaired) electrons. The molecule has 134 valence electrons. The van der Waals surface area contributed by atoms with Crippen molar-refractivity contribution in [3.63, 3.8) is 0 Å². The van der Waals surface area contributed by atoms with Crippen LogP contribution in [0.15, 0.2) is 53.3 Å². The summed E-state index contributed by atoms with van der Waals surface area (Å²) in [6.45, 7) is 4.61. The van der Waals surface area contributed by atoms with E-state index in [4.69, 9.17) is 0 Å². The van der Waals surface area contributed by atoms with E-state index in [1.165, 1.54) is 4.68 Å². The number of benzene rings is 2. The molecule has 0 saturated heterocycles. The van der Waals surface area contributed by atoms with E-state index in [-0.39, 0.29) is 17.2 Å². The summed E-state index contributed by atoms with van der Waals surface area (Å²) in [5, 5.41) is 8.44. The molecular formula is C21H23N3O2. The largest absolute Gasteiger partial charge is 0.320 e. The van der Waals surface area contributed by atoms with Gasteiger partial charge in [0, 0.05) is 17.6 Å². The quantitative estimate of drug-likeness (QED) is 0.731. The van der Waals surface area contributed by atoms with E-state index in [9.17, 15) is 9.59 Å². The first kappa shape index (κ1) is 17.9. The van der Waals surface area contributed by atoms with Crippen molar-refractivity contribution in [1.29, 1.82) is 0 Å². The Bertz CT molecular complexity index is 992. The van der Waals surface area contributed by atoms with Crippen LogP contribution < -0.4 is 10.9 Å². The molecule has 0 aliphatic carbocycles. The Hall–Kier alpha value is -2.95. The number of aromatic nitrogens is 2. The topological polar surface area (TPSA) is 64.0 Å². The van der Waals surface area contributed by atoms with E-state index >= 15 is 0 Å². The number of hydrogen-bond acceptors (Lipinski definition) is 3. The molecule has 3 rings (SSSR count). The zero-order chi connectivity index (χ0) is 18.5. The zero-order valence-electron chi connectivity index (χ0n) is 15.2. The second-order valence-corrected chi connectivity index (χ2v) is 6.24. The lowest BCUT2D eigenvalue weighted by molar-refractivity contribution is 0.102. The Morgan fingerprint density at radius 1 is 1.04 bits per heavy atom. The van der Waals surface area contributed by atoms with Crippen molar-refractivity contribution in [3.05, 3.63) is 70.1 Å². The van der Waals surface area contributed by atoms with Crippen molar-refractivity contribution in [2.75, 3.05) is 5.32 Å². The van der Waals surface area contributed by atoms with E-state index in [0.717, 1.165) is 30.5 Å². The third kappa shape index (κ3) is 3.52. The second kappa shape index (κ2) is 7.95. The van der Waals surface area contributed by atoms with E-state index in [1.54, 1.807) is 12.1 Å². The molecule has 1 aromatic heterocycles. The van der Waals surface area contributed by atoms with Crippen LogP contribution in [-0.2, 0) is 13.0 Å². The van der Waals surface area contributed by atoms with Crippen LogP contribution in [-0.4, -0.2) is 15.7 Å². The lowest BCUT2D eigenvalue weighted by Crippen LogP contribution is -2.28. The first-order valence-corrected chi connectivity index (χ1v) is 9.04. The smallest absolute Gasteiger partial charge is 0.276 e. The van der Waals surface area contributed by atoms with Gasteiger partial charge >= 0.3 is 0 Å². The molecule has 0 atom stereocenters. The molecule has 26 heavy (non-hydrogen) atoms. The summed E-state index contributed by atoms with van der Waals surface area (Å²) in [5.74, 6) is -0.299. The minimum absolute atomic E-state index is 0.153. The molecular weight excluding hydrogens is 326 g/mol. The number of nitrogens with zero attached hydrogens (tertiary/aromatic N) is 2. The van der Waals surface area contributed by atoms with Gasteiger partial charge in [-0.3, -0.25) is 9.59 Å². The number of hydrogen-bond donors (Lipinski definition) is 1. The minimum Gasteiger partial charge on any atom is -0.320 e. The van der Waals surface area contributed by atoms with Gasteiger partial charge in [-0.05, 0) is 30.5 Å². The first-order chi connectivity index (χ1) is 12.7. The highest BCUT2D eigenvalue weighted by Crippen LogP contribution is 2.19. The zero-order valence-corrected chi connectivity index (χ0v) is 15.2. The van der Waals surface area contributed by atoms with Gasteiger partial charge in [0.1, 0.15) is 0 Å². The van der Waals surface area contributed by atoms with Gasteiger partial charge < -0.3 is 5.32 Å². The van der Waals surface area contributed by atoms with Crippen molar-refractivity contribution >= 4 is 22.4 Å². The van der Waals surface area contributed by atoms with Crippen molar-refractivity contribution in [2.45, 2.75) is 39.7 Å². The first-order valence-electron chi connectivity index (χ1n) is 9.04. The van der Waals surface area contributed by atoms with Gasteiger partial charge in [0.05, 0.1) is 5.39 Å². The number of anilines is 1. The van der Waals surface area contributed by atoms with Gasteiger partial charge in [-0.15, -0.1) is 0 Å². The van der Waals surface area contributed by atoms with Gasteiger partial charge in [-0.1, -0.05) is 56.7 Å². The highest BCUT2D eigenvalue weighted by atomic mass is 16.2. The predicted octanol–water partition coefficient (Wildman–Crippen LogP) is 4.01. The molecule has 1 amide bonds. The van der Waals surface area contributed by atoms with Crippen LogP contribution in [0.1, 0.15) is 42.7 Å². The predicted molar refractivity (Wildman–Crippen MR) is 105 cm³/mol. The highest BCUT2D eigenvalue weighted by Gasteiger charge is 2.17. The van der Waals surface area contributed by atoms with Crippen LogP contribution in [0, 0.1) is 0 Å². The maximum atomic E-state index is 12.9. The van der Waals surface area contributed by atoms with Gasteiger partial charge in [-0.25, -0.2) is 4.68 Å². The Labute approximate surface area is 152 Å². The Morgan fingerprint density at radius 2 is 1.73 bits per heavy atom. The number of aryl methyl sites for hydroxylation is 2. The van der Waals surface area contributed by atoms with Gasteiger partial charge in [0.2, 0.25) is 0 Å². The molecule has 0 spiro atoms. The number of carbonyl (C=O) groups excluding carboxylic acids is 1. The van der Waals surface area contributed by atoms with Crippen LogP contribution in [0.5, 0.6) is 0 Å². The van der Waals surface area contributed by atoms with E-state index in [2.05, 4.69) is 17.3 Å². The summed E-state index contributed by atoms with van der Waals surface area (Å²) >= 11 is 0. The van der Waals surface area contributed by atoms with Crippen molar-refractivity contribution < 1.29 is 4.79 Å². The highest BCUT2D eigenvalue weighted by molar-refractivity contribution is 6.11. The fraction of sp³-hybridized carbons (Fsp3) is 0.286. The Balaban J connectivity index is 2.06. The van der Waals surface area contributed by atoms with Gasteiger partial charge in [0.15, 0.2) is 5.69 Å². The van der Waals surface area contributed by atoms with Crippen LogP contribution in [0.3, 0.4) is 0 Å². The molecule has 0 aliphatic heterocycles. The van der Waals surface area contributed by atoms with Crippen LogP contribution in [0.2, 0.25) is 0 Å². The molecule has 2 aromatic carbocycles. The fourth-order valence-corrected chi connectivity index (χ4v) is 2.99. The lowest BCUT2D eigenvalue weighted by Gasteiger charge is -2.12. The number of fused-ring (bicyclic) bond motifs is 1. The van der Waals surface area contributed by atoms with Crippen LogP contribution in [0.4, 0.5) is 5.69 Å². The molecule has 5 heteroatoms. The summed E-state index contributed by atoms with van der Waals surface area (Å²) in [6.07, 6.45) is 2.61. The number of carbonyl (C=O) groups is 1. The lowest BCUT2D eigenvalue weighted by atomic mass is 10.1. The van der Waals surface area contributed by atoms with Crippen molar-refractivity contribution in [1.82, 2.24) is 9.78 Å². The second-order valence-electron chi connectivity index (χ2n) is 6.24. The van der Waals surface area contributed by atoms with E-state index in [1.807, 2.05) is 43.3 Å². The molecule has 0 bridgehead atoms. The molecule has 0 unspecified atom stereocenters. The van der Waals surface area contributed by atoms with E-state index in [0.29, 0.717) is 17.3 Å². The maximum absolute atomic E-state index is 12.9. The molecule has 5 nitrogen and oxygen atoms in total. The van der Waals surface area contributed by atoms with Crippen LogP contribution >= 0.6 is 0 Å².